The van der Waals surface area contributed by atoms with Gasteiger partial charge < -0.3 is 15.4 Å². The zero-order valence-corrected chi connectivity index (χ0v) is 14.3. The van der Waals surface area contributed by atoms with Crippen LogP contribution in [0.2, 0.25) is 0 Å². The summed E-state index contributed by atoms with van der Waals surface area (Å²) in [5.74, 6) is 0.809. The summed E-state index contributed by atoms with van der Waals surface area (Å²) in [4.78, 5) is 12.4. The molecule has 1 aliphatic heterocycles. The summed E-state index contributed by atoms with van der Waals surface area (Å²) in [6.45, 7) is 1.54. The maximum Gasteiger partial charge on any atom is 0.251 e. The van der Waals surface area contributed by atoms with Gasteiger partial charge in [-0.25, -0.2) is 0 Å². The molecule has 2 N–H and O–H groups in total. The van der Waals surface area contributed by atoms with E-state index in [2.05, 4.69) is 34.9 Å². The third-order valence-electron chi connectivity index (χ3n) is 5.15. The number of carbonyl (C=O) groups is 1. The zero-order valence-electron chi connectivity index (χ0n) is 14.3. The molecule has 0 bridgehead atoms. The molecule has 2 aromatic carbocycles. The molecule has 4 heteroatoms. The molecule has 0 saturated heterocycles. The van der Waals surface area contributed by atoms with Gasteiger partial charge in [0.15, 0.2) is 0 Å². The van der Waals surface area contributed by atoms with Gasteiger partial charge in [-0.3, -0.25) is 4.79 Å². The molecule has 1 unspecified atom stereocenters. The van der Waals surface area contributed by atoms with Crippen LogP contribution in [0, 0.1) is 0 Å². The first kappa shape index (κ1) is 16.2. The highest BCUT2D eigenvalue weighted by Crippen LogP contribution is 2.25. The monoisotopic (exact) mass is 336 g/mol. The van der Waals surface area contributed by atoms with Crippen molar-refractivity contribution >= 4 is 5.91 Å². The van der Waals surface area contributed by atoms with Gasteiger partial charge in [-0.15, -0.1) is 0 Å². The van der Waals surface area contributed by atoms with Gasteiger partial charge in [0.05, 0.1) is 6.10 Å². The second-order valence-electron chi connectivity index (χ2n) is 6.86. The number of nitrogens with one attached hydrogen (secondary N) is 2. The van der Waals surface area contributed by atoms with Crippen molar-refractivity contribution in [3.8, 4) is 5.75 Å². The average Bonchev–Trinajstić information content (AvgIpc) is 2.63. The minimum atomic E-state index is -0.0416. The molecule has 0 spiro atoms. The summed E-state index contributed by atoms with van der Waals surface area (Å²) < 4.78 is 5.84. The van der Waals surface area contributed by atoms with E-state index < -0.39 is 0 Å². The predicted octanol–water partition coefficient (Wildman–Crippen LogP) is 3.23. The molecule has 130 valence electrons. The first-order chi connectivity index (χ1) is 12.3. The van der Waals surface area contributed by atoms with Gasteiger partial charge in [0, 0.05) is 18.2 Å². The molecular weight excluding hydrogens is 312 g/mol. The van der Waals surface area contributed by atoms with Crippen LogP contribution in [-0.2, 0) is 6.42 Å². The van der Waals surface area contributed by atoms with Crippen molar-refractivity contribution in [1.29, 1.82) is 0 Å². The second kappa shape index (κ2) is 7.28. The minimum Gasteiger partial charge on any atom is -0.490 e. The van der Waals surface area contributed by atoms with Crippen LogP contribution < -0.4 is 15.4 Å². The Morgan fingerprint density at radius 2 is 1.92 bits per heavy atom. The molecule has 1 atom stereocenters. The van der Waals surface area contributed by atoms with Crippen molar-refractivity contribution in [2.45, 2.75) is 37.8 Å². The van der Waals surface area contributed by atoms with Crippen molar-refractivity contribution in [2.24, 2.45) is 0 Å². The van der Waals surface area contributed by atoms with Crippen molar-refractivity contribution in [1.82, 2.24) is 10.6 Å². The molecule has 2 aromatic rings. The first-order valence-corrected chi connectivity index (χ1v) is 9.16. The van der Waals surface area contributed by atoms with E-state index in [1.165, 1.54) is 17.5 Å². The standard InChI is InChI=1S/C21H24N2O2/c24-21(16-8-10-18(11-9-16)25-17-5-3-6-17)23-14-20-19-7-2-1-4-15(19)12-13-22-20/h1-2,4,7-11,17,20,22H,3,5-6,12-14H2,(H,23,24). The van der Waals surface area contributed by atoms with Crippen molar-refractivity contribution in [3.05, 3.63) is 65.2 Å². The smallest absolute Gasteiger partial charge is 0.251 e. The van der Waals surface area contributed by atoms with Crippen LogP contribution in [0.5, 0.6) is 5.75 Å². The topological polar surface area (TPSA) is 50.4 Å². The summed E-state index contributed by atoms with van der Waals surface area (Å²) in [5, 5.41) is 6.54. The molecule has 0 radical (unpaired) electrons. The van der Waals surface area contributed by atoms with Crippen LogP contribution in [0.15, 0.2) is 48.5 Å². The molecule has 1 saturated carbocycles. The average molecular weight is 336 g/mol. The van der Waals surface area contributed by atoms with Crippen LogP contribution in [0.1, 0.15) is 46.8 Å². The van der Waals surface area contributed by atoms with Crippen LogP contribution in [0.25, 0.3) is 0 Å². The lowest BCUT2D eigenvalue weighted by molar-refractivity contribution is 0.0949. The highest BCUT2D eigenvalue weighted by molar-refractivity contribution is 5.94. The van der Waals surface area contributed by atoms with Gasteiger partial charge in [0.2, 0.25) is 0 Å². The number of amides is 1. The van der Waals surface area contributed by atoms with Gasteiger partial charge in [0.1, 0.15) is 5.75 Å². The second-order valence-corrected chi connectivity index (χ2v) is 6.86. The first-order valence-electron chi connectivity index (χ1n) is 9.16. The van der Waals surface area contributed by atoms with E-state index in [4.69, 9.17) is 4.74 Å². The quantitative estimate of drug-likeness (QED) is 0.881. The number of fused-ring (bicyclic) bond motifs is 1. The third-order valence-corrected chi connectivity index (χ3v) is 5.15. The van der Waals surface area contributed by atoms with E-state index in [0.717, 1.165) is 31.6 Å². The zero-order chi connectivity index (χ0) is 17.1. The van der Waals surface area contributed by atoms with Crippen LogP contribution in [-0.4, -0.2) is 25.1 Å². The lowest BCUT2D eigenvalue weighted by Gasteiger charge is -2.27. The number of hydrogen-bond donors (Lipinski definition) is 2. The normalized spacial score (nSPS) is 19.6. The van der Waals surface area contributed by atoms with Gasteiger partial charge in [-0.05, 0) is 67.6 Å². The molecule has 4 rings (SSSR count). The lowest BCUT2D eigenvalue weighted by atomic mass is 9.94. The summed E-state index contributed by atoms with van der Waals surface area (Å²) in [7, 11) is 0. The summed E-state index contributed by atoms with van der Waals surface area (Å²) in [5.41, 5.74) is 3.33. The van der Waals surface area contributed by atoms with Gasteiger partial charge in [0.25, 0.3) is 5.91 Å². The largest absolute Gasteiger partial charge is 0.490 e. The fraction of sp³-hybridized carbons (Fsp3) is 0.381. The summed E-state index contributed by atoms with van der Waals surface area (Å²) in [6.07, 6.45) is 4.93. The van der Waals surface area contributed by atoms with Gasteiger partial charge in [-0.1, -0.05) is 24.3 Å². The molecule has 1 fully saturated rings. The van der Waals surface area contributed by atoms with E-state index in [0.29, 0.717) is 18.2 Å². The minimum absolute atomic E-state index is 0.0416. The van der Waals surface area contributed by atoms with Gasteiger partial charge >= 0.3 is 0 Å². The molecule has 25 heavy (non-hydrogen) atoms. The number of ether oxygens (including phenoxy) is 1. The Kier molecular flexibility index (Phi) is 4.70. The van der Waals surface area contributed by atoms with Crippen LogP contribution in [0.4, 0.5) is 0 Å². The third kappa shape index (κ3) is 3.69. The Hall–Kier alpha value is -2.33. The van der Waals surface area contributed by atoms with E-state index in [9.17, 15) is 4.79 Å². The van der Waals surface area contributed by atoms with E-state index >= 15 is 0 Å². The maximum atomic E-state index is 12.4. The Labute approximate surface area is 148 Å². The summed E-state index contributed by atoms with van der Waals surface area (Å²) >= 11 is 0. The molecule has 1 aliphatic carbocycles. The molecular formula is C21H24N2O2. The maximum absolute atomic E-state index is 12.4. The highest BCUT2D eigenvalue weighted by Gasteiger charge is 2.21. The lowest BCUT2D eigenvalue weighted by Crippen LogP contribution is -2.38. The Balaban J connectivity index is 1.34. The fourth-order valence-corrected chi connectivity index (χ4v) is 3.44. The van der Waals surface area contributed by atoms with Crippen molar-refractivity contribution < 1.29 is 9.53 Å². The Morgan fingerprint density at radius 3 is 2.68 bits per heavy atom. The van der Waals surface area contributed by atoms with Crippen molar-refractivity contribution in [3.63, 3.8) is 0 Å². The number of hydrogen-bond acceptors (Lipinski definition) is 3. The molecule has 2 aliphatic rings. The Morgan fingerprint density at radius 1 is 1.12 bits per heavy atom. The Bertz CT molecular complexity index is 738. The number of benzene rings is 2. The molecule has 0 aromatic heterocycles. The predicted molar refractivity (Wildman–Crippen MR) is 97.9 cm³/mol. The van der Waals surface area contributed by atoms with E-state index in [1.807, 2.05) is 24.3 Å². The summed E-state index contributed by atoms with van der Waals surface area (Å²) in [6, 6.07) is 16.1. The number of rotatable bonds is 5. The molecule has 1 heterocycles. The van der Waals surface area contributed by atoms with Crippen molar-refractivity contribution in [2.75, 3.05) is 13.1 Å². The van der Waals surface area contributed by atoms with Crippen LogP contribution >= 0.6 is 0 Å². The fourth-order valence-electron chi connectivity index (χ4n) is 3.44. The van der Waals surface area contributed by atoms with E-state index in [1.54, 1.807) is 0 Å². The number of carbonyl (C=O) groups excluding carboxylic acids is 1. The van der Waals surface area contributed by atoms with E-state index in [-0.39, 0.29) is 11.9 Å². The molecule has 4 nitrogen and oxygen atoms in total. The SMILES string of the molecule is O=C(NCC1NCCc2ccccc21)c1ccc(OC2CCC2)cc1. The van der Waals surface area contributed by atoms with Crippen LogP contribution in [0.3, 0.4) is 0 Å². The highest BCUT2D eigenvalue weighted by atomic mass is 16.5. The molecule has 1 amide bonds. The van der Waals surface area contributed by atoms with Gasteiger partial charge in [-0.2, -0.15) is 0 Å².